The molecule has 2 atom stereocenters. The van der Waals surface area contributed by atoms with Crippen molar-refractivity contribution in [2.75, 3.05) is 6.54 Å². The standard InChI is InChI=1S/C9H19NO/c1-2-8(6-10)9(11)5-7-3-4-7/h7-9,11H,2-6,10H2,1H3. The fourth-order valence-electron chi connectivity index (χ4n) is 1.48. The van der Waals surface area contributed by atoms with Crippen LogP contribution in [0.3, 0.4) is 0 Å². The summed E-state index contributed by atoms with van der Waals surface area (Å²) < 4.78 is 0. The predicted octanol–water partition coefficient (Wildman–Crippen LogP) is 1.13. The molecule has 0 aliphatic heterocycles. The lowest BCUT2D eigenvalue weighted by Crippen LogP contribution is -2.27. The predicted molar refractivity (Wildman–Crippen MR) is 46.2 cm³/mol. The Hall–Kier alpha value is -0.0800. The molecule has 1 fully saturated rings. The van der Waals surface area contributed by atoms with Gasteiger partial charge in [0.05, 0.1) is 6.10 Å². The number of hydrogen-bond donors (Lipinski definition) is 2. The minimum atomic E-state index is -0.141. The van der Waals surface area contributed by atoms with Gasteiger partial charge in [0.1, 0.15) is 0 Å². The summed E-state index contributed by atoms with van der Waals surface area (Å²) in [6.07, 6.45) is 4.48. The number of hydrogen-bond acceptors (Lipinski definition) is 2. The van der Waals surface area contributed by atoms with E-state index in [2.05, 4.69) is 6.92 Å². The lowest BCUT2D eigenvalue weighted by atomic mass is 9.95. The molecule has 0 spiro atoms. The Morgan fingerprint density at radius 1 is 1.55 bits per heavy atom. The van der Waals surface area contributed by atoms with Crippen molar-refractivity contribution in [2.45, 2.75) is 38.7 Å². The summed E-state index contributed by atoms with van der Waals surface area (Å²) >= 11 is 0. The van der Waals surface area contributed by atoms with Gasteiger partial charge in [-0.2, -0.15) is 0 Å². The normalized spacial score (nSPS) is 23.2. The van der Waals surface area contributed by atoms with Gasteiger partial charge in [-0.25, -0.2) is 0 Å². The van der Waals surface area contributed by atoms with Gasteiger partial charge in [0.2, 0.25) is 0 Å². The van der Waals surface area contributed by atoms with E-state index in [1.54, 1.807) is 0 Å². The van der Waals surface area contributed by atoms with Crippen molar-refractivity contribution < 1.29 is 5.11 Å². The van der Waals surface area contributed by atoms with Crippen LogP contribution >= 0.6 is 0 Å². The summed E-state index contributed by atoms with van der Waals surface area (Å²) in [4.78, 5) is 0. The van der Waals surface area contributed by atoms with Gasteiger partial charge in [-0.15, -0.1) is 0 Å². The molecule has 0 aromatic carbocycles. The van der Waals surface area contributed by atoms with Gasteiger partial charge in [-0.3, -0.25) is 0 Å². The van der Waals surface area contributed by atoms with Gasteiger partial charge in [0.15, 0.2) is 0 Å². The number of nitrogens with two attached hydrogens (primary N) is 1. The monoisotopic (exact) mass is 157 g/mol. The highest BCUT2D eigenvalue weighted by Gasteiger charge is 2.27. The van der Waals surface area contributed by atoms with E-state index in [-0.39, 0.29) is 6.10 Å². The van der Waals surface area contributed by atoms with Crippen molar-refractivity contribution in [1.29, 1.82) is 0 Å². The van der Waals surface area contributed by atoms with Crippen LogP contribution in [0.5, 0.6) is 0 Å². The molecule has 2 unspecified atom stereocenters. The summed E-state index contributed by atoms with van der Waals surface area (Å²) in [5, 5.41) is 9.64. The molecule has 2 nitrogen and oxygen atoms in total. The fourth-order valence-corrected chi connectivity index (χ4v) is 1.48. The molecule has 0 aromatic rings. The Kier molecular flexibility index (Phi) is 3.34. The van der Waals surface area contributed by atoms with Gasteiger partial charge in [0.25, 0.3) is 0 Å². The lowest BCUT2D eigenvalue weighted by molar-refractivity contribution is 0.0949. The van der Waals surface area contributed by atoms with Crippen LogP contribution in [0.25, 0.3) is 0 Å². The molecule has 2 heteroatoms. The van der Waals surface area contributed by atoms with E-state index in [9.17, 15) is 5.11 Å². The quantitative estimate of drug-likeness (QED) is 0.628. The molecule has 1 saturated carbocycles. The van der Waals surface area contributed by atoms with Crippen molar-refractivity contribution in [1.82, 2.24) is 0 Å². The largest absolute Gasteiger partial charge is 0.393 e. The minimum Gasteiger partial charge on any atom is -0.393 e. The van der Waals surface area contributed by atoms with Gasteiger partial charge in [-0.05, 0) is 31.2 Å². The zero-order valence-electron chi connectivity index (χ0n) is 7.29. The maximum atomic E-state index is 9.64. The molecule has 0 bridgehead atoms. The van der Waals surface area contributed by atoms with Crippen LogP contribution in [0.2, 0.25) is 0 Å². The molecule has 11 heavy (non-hydrogen) atoms. The minimum absolute atomic E-state index is 0.141. The van der Waals surface area contributed by atoms with Gasteiger partial charge in [-0.1, -0.05) is 19.8 Å². The third-order valence-corrected chi connectivity index (χ3v) is 2.64. The van der Waals surface area contributed by atoms with Gasteiger partial charge >= 0.3 is 0 Å². The molecular weight excluding hydrogens is 138 g/mol. The van der Waals surface area contributed by atoms with Crippen molar-refractivity contribution in [3.8, 4) is 0 Å². The maximum Gasteiger partial charge on any atom is 0.0583 e. The average Bonchev–Trinajstić information content (AvgIpc) is 2.74. The smallest absolute Gasteiger partial charge is 0.0583 e. The molecule has 0 amide bonds. The van der Waals surface area contributed by atoms with E-state index in [1.165, 1.54) is 12.8 Å². The molecule has 0 radical (unpaired) electrons. The van der Waals surface area contributed by atoms with Crippen molar-refractivity contribution in [2.24, 2.45) is 17.6 Å². The van der Waals surface area contributed by atoms with E-state index in [1.807, 2.05) is 0 Å². The fraction of sp³-hybridized carbons (Fsp3) is 1.00. The Morgan fingerprint density at radius 2 is 2.18 bits per heavy atom. The summed E-state index contributed by atoms with van der Waals surface area (Å²) in [5.41, 5.74) is 5.52. The second kappa shape index (κ2) is 4.07. The Labute approximate surface area is 68.8 Å². The SMILES string of the molecule is CCC(CN)C(O)CC1CC1. The van der Waals surface area contributed by atoms with E-state index >= 15 is 0 Å². The molecule has 1 rings (SSSR count). The maximum absolute atomic E-state index is 9.64. The van der Waals surface area contributed by atoms with Gasteiger partial charge < -0.3 is 10.8 Å². The molecule has 66 valence electrons. The van der Waals surface area contributed by atoms with Crippen LogP contribution in [0.1, 0.15) is 32.6 Å². The summed E-state index contributed by atoms with van der Waals surface area (Å²) in [6.45, 7) is 2.72. The van der Waals surface area contributed by atoms with Crippen LogP contribution in [0.15, 0.2) is 0 Å². The van der Waals surface area contributed by atoms with E-state index in [0.717, 1.165) is 18.8 Å². The van der Waals surface area contributed by atoms with Gasteiger partial charge in [0, 0.05) is 0 Å². The Morgan fingerprint density at radius 3 is 2.55 bits per heavy atom. The first-order chi connectivity index (χ1) is 5.27. The third kappa shape index (κ3) is 2.80. The third-order valence-electron chi connectivity index (χ3n) is 2.64. The van der Waals surface area contributed by atoms with Crippen molar-refractivity contribution >= 4 is 0 Å². The van der Waals surface area contributed by atoms with E-state index < -0.39 is 0 Å². The first kappa shape index (κ1) is 9.01. The van der Waals surface area contributed by atoms with Crippen molar-refractivity contribution in [3.63, 3.8) is 0 Å². The molecule has 0 heterocycles. The van der Waals surface area contributed by atoms with Crippen LogP contribution in [-0.4, -0.2) is 17.8 Å². The molecule has 3 N–H and O–H groups in total. The Bertz CT molecular complexity index is 108. The molecular formula is C9H19NO. The van der Waals surface area contributed by atoms with Crippen LogP contribution < -0.4 is 5.73 Å². The second-order valence-electron chi connectivity index (χ2n) is 3.65. The molecule has 1 aliphatic rings. The molecule has 1 aliphatic carbocycles. The zero-order valence-corrected chi connectivity index (χ0v) is 7.29. The molecule has 0 saturated heterocycles. The first-order valence-electron chi connectivity index (χ1n) is 4.66. The number of aliphatic hydroxyl groups excluding tert-OH is 1. The van der Waals surface area contributed by atoms with Crippen LogP contribution in [0, 0.1) is 11.8 Å². The molecule has 0 aromatic heterocycles. The summed E-state index contributed by atoms with van der Waals surface area (Å²) in [6, 6.07) is 0. The highest BCUT2D eigenvalue weighted by atomic mass is 16.3. The van der Waals surface area contributed by atoms with E-state index in [4.69, 9.17) is 5.73 Å². The van der Waals surface area contributed by atoms with Crippen LogP contribution in [0.4, 0.5) is 0 Å². The first-order valence-corrected chi connectivity index (χ1v) is 4.66. The lowest BCUT2D eigenvalue weighted by Gasteiger charge is -2.19. The highest BCUT2D eigenvalue weighted by Crippen LogP contribution is 2.35. The Balaban J connectivity index is 2.18. The summed E-state index contributed by atoms with van der Waals surface area (Å²) in [5.74, 6) is 1.14. The van der Waals surface area contributed by atoms with E-state index in [0.29, 0.717) is 12.5 Å². The highest BCUT2D eigenvalue weighted by molar-refractivity contribution is 4.79. The topological polar surface area (TPSA) is 46.2 Å². The summed E-state index contributed by atoms with van der Waals surface area (Å²) in [7, 11) is 0. The van der Waals surface area contributed by atoms with Crippen LogP contribution in [-0.2, 0) is 0 Å². The number of rotatable bonds is 5. The average molecular weight is 157 g/mol. The number of aliphatic hydroxyl groups is 1. The van der Waals surface area contributed by atoms with Crippen molar-refractivity contribution in [3.05, 3.63) is 0 Å². The zero-order chi connectivity index (χ0) is 8.27. The second-order valence-corrected chi connectivity index (χ2v) is 3.65.